The summed E-state index contributed by atoms with van der Waals surface area (Å²) in [6, 6.07) is 7.06. The van der Waals surface area contributed by atoms with Gasteiger partial charge in [0.25, 0.3) is 0 Å². The molecule has 0 atom stereocenters. The Labute approximate surface area is 151 Å². The Balaban J connectivity index is 1.71. The Morgan fingerprint density at radius 2 is 1.92 bits per heavy atom. The minimum Gasteiger partial charge on any atom is -0.316 e. The largest absolute Gasteiger partial charge is 0.316 e. The number of aromatic nitrogens is 4. The van der Waals surface area contributed by atoms with Crippen LogP contribution in [0.1, 0.15) is 5.56 Å². The number of anilines is 2. The van der Waals surface area contributed by atoms with Gasteiger partial charge in [-0.3, -0.25) is 19.7 Å². The molecule has 0 radical (unpaired) electrons. The van der Waals surface area contributed by atoms with Gasteiger partial charge in [0, 0.05) is 6.20 Å². The molecule has 25 heavy (non-hydrogen) atoms. The zero-order valence-electron chi connectivity index (χ0n) is 13.1. The van der Waals surface area contributed by atoms with Crippen molar-refractivity contribution in [2.75, 3.05) is 10.6 Å². The Bertz CT molecular complexity index is 925. The molecule has 0 aromatic carbocycles. The first-order chi connectivity index (χ1) is 12.0. The number of H-pyrrole nitrogens is 1. The van der Waals surface area contributed by atoms with Crippen LogP contribution in [0.2, 0.25) is 0 Å². The number of rotatable bonds is 3. The van der Waals surface area contributed by atoms with E-state index in [0.717, 1.165) is 5.56 Å². The van der Waals surface area contributed by atoms with Crippen LogP contribution in [0, 0.1) is 6.92 Å². The molecule has 3 aromatic heterocycles. The highest BCUT2D eigenvalue weighted by molar-refractivity contribution is 9.10. The Hall–Kier alpha value is -3.07. The molecule has 3 rings (SSSR count). The molecule has 0 aliphatic rings. The molecule has 0 saturated heterocycles. The predicted molar refractivity (Wildman–Crippen MR) is 95.8 cm³/mol. The van der Waals surface area contributed by atoms with E-state index in [1.807, 2.05) is 13.0 Å². The van der Waals surface area contributed by atoms with E-state index < -0.39 is 11.8 Å². The van der Waals surface area contributed by atoms with Crippen LogP contribution in [0.4, 0.5) is 11.4 Å². The predicted octanol–water partition coefficient (Wildman–Crippen LogP) is 2.51. The second-order valence-electron chi connectivity index (χ2n) is 5.11. The minimum atomic E-state index is -0.820. The van der Waals surface area contributed by atoms with Crippen LogP contribution in [0.25, 0.3) is 11.4 Å². The average Bonchev–Trinajstić information content (AvgIpc) is 3.07. The summed E-state index contributed by atoms with van der Waals surface area (Å²) in [5.41, 5.74) is 2.75. The zero-order chi connectivity index (χ0) is 17.8. The van der Waals surface area contributed by atoms with Gasteiger partial charge in [-0.25, -0.2) is 4.98 Å². The number of hydrogen-bond donors (Lipinski definition) is 3. The van der Waals surface area contributed by atoms with Gasteiger partial charge in [-0.05, 0) is 46.6 Å². The van der Waals surface area contributed by atoms with Crippen LogP contribution in [-0.2, 0) is 9.59 Å². The standard InChI is InChI=1S/C16H13BrN6O2/c1-9-6-10(7-19-14(9)17)21-15(24)16(25)22-12-8-20-23-13(12)11-4-2-3-5-18-11/h2-8H,1H3,(H,20,23)(H,21,24)(H,22,25). The van der Waals surface area contributed by atoms with Gasteiger partial charge >= 0.3 is 11.8 Å². The molecule has 0 bridgehead atoms. The first kappa shape index (κ1) is 16.8. The van der Waals surface area contributed by atoms with Crippen LogP contribution in [0.3, 0.4) is 0 Å². The molecule has 126 valence electrons. The van der Waals surface area contributed by atoms with Crippen LogP contribution in [0.15, 0.2) is 47.5 Å². The molecule has 0 saturated carbocycles. The van der Waals surface area contributed by atoms with Gasteiger partial charge in [-0.15, -0.1) is 0 Å². The highest BCUT2D eigenvalue weighted by atomic mass is 79.9. The number of carbonyl (C=O) groups is 2. The minimum absolute atomic E-state index is 0.365. The molecule has 0 unspecified atom stereocenters. The number of aromatic amines is 1. The number of nitrogens with one attached hydrogen (secondary N) is 3. The van der Waals surface area contributed by atoms with E-state index in [4.69, 9.17) is 0 Å². The topological polar surface area (TPSA) is 113 Å². The lowest BCUT2D eigenvalue weighted by Crippen LogP contribution is -2.29. The van der Waals surface area contributed by atoms with E-state index in [0.29, 0.717) is 27.4 Å². The first-order valence-corrected chi connectivity index (χ1v) is 8.03. The normalized spacial score (nSPS) is 10.3. The third-order valence-corrected chi connectivity index (χ3v) is 4.12. The number of pyridine rings is 2. The second-order valence-corrected chi connectivity index (χ2v) is 5.86. The Kier molecular flexibility index (Phi) is 4.85. The van der Waals surface area contributed by atoms with Gasteiger partial charge in [-0.2, -0.15) is 5.10 Å². The second kappa shape index (κ2) is 7.22. The molecule has 0 aliphatic heterocycles. The van der Waals surface area contributed by atoms with Crippen molar-refractivity contribution < 1.29 is 9.59 Å². The Morgan fingerprint density at radius 3 is 2.64 bits per heavy atom. The van der Waals surface area contributed by atoms with Gasteiger partial charge in [0.1, 0.15) is 10.3 Å². The number of halogens is 1. The molecule has 3 N–H and O–H groups in total. The van der Waals surface area contributed by atoms with Crippen LogP contribution in [0.5, 0.6) is 0 Å². The SMILES string of the molecule is Cc1cc(NC(=O)C(=O)Nc2cn[nH]c2-c2ccccn2)cnc1Br. The first-order valence-electron chi connectivity index (χ1n) is 7.24. The van der Waals surface area contributed by atoms with Gasteiger partial charge in [-0.1, -0.05) is 6.07 Å². The van der Waals surface area contributed by atoms with Crippen molar-refractivity contribution in [2.24, 2.45) is 0 Å². The van der Waals surface area contributed by atoms with Gasteiger partial charge in [0.2, 0.25) is 0 Å². The van der Waals surface area contributed by atoms with E-state index in [1.54, 1.807) is 24.4 Å². The van der Waals surface area contributed by atoms with E-state index in [2.05, 4.69) is 46.7 Å². The van der Waals surface area contributed by atoms with Crippen molar-refractivity contribution in [1.29, 1.82) is 0 Å². The van der Waals surface area contributed by atoms with Gasteiger partial charge in [0.05, 0.1) is 29.5 Å². The summed E-state index contributed by atoms with van der Waals surface area (Å²) in [6.45, 7) is 1.83. The fourth-order valence-electron chi connectivity index (χ4n) is 2.08. The molecule has 9 heteroatoms. The summed E-state index contributed by atoms with van der Waals surface area (Å²) in [4.78, 5) is 32.5. The molecular weight excluding hydrogens is 388 g/mol. The molecule has 0 aliphatic carbocycles. The molecule has 3 aromatic rings. The number of amides is 2. The van der Waals surface area contributed by atoms with Crippen LogP contribution in [-0.4, -0.2) is 32.0 Å². The van der Waals surface area contributed by atoms with E-state index in [1.165, 1.54) is 12.4 Å². The maximum atomic E-state index is 12.1. The summed E-state index contributed by atoms with van der Waals surface area (Å²) in [5.74, 6) is -1.63. The molecule has 3 heterocycles. The van der Waals surface area contributed by atoms with Crippen molar-refractivity contribution in [1.82, 2.24) is 20.2 Å². The summed E-state index contributed by atoms with van der Waals surface area (Å²) < 4.78 is 0.674. The van der Waals surface area contributed by atoms with Crippen molar-refractivity contribution in [3.63, 3.8) is 0 Å². The van der Waals surface area contributed by atoms with E-state index in [9.17, 15) is 9.59 Å². The number of carbonyl (C=O) groups excluding carboxylic acids is 2. The average molecular weight is 401 g/mol. The lowest BCUT2D eigenvalue weighted by atomic mass is 10.2. The highest BCUT2D eigenvalue weighted by Gasteiger charge is 2.18. The van der Waals surface area contributed by atoms with E-state index >= 15 is 0 Å². The summed E-state index contributed by atoms with van der Waals surface area (Å²) in [5, 5.41) is 11.7. The molecule has 0 spiro atoms. The monoisotopic (exact) mass is 400 g/mol. The molecular formula is C16H13BrN6O2. The molecule has 2 amide bonds. The van der Waals surface area contributed by atoms with Crippen molar-refractivity contribution in [3.8, 4) is 11.4 Å². The zero-order valence-corrected chi connectivity index (χ0v) is 14.7. The third-order valence-electron chi connectivity index (χ3n) is 3.29. The fraction of sp³-hybridized carbons (Fsp3) is 0.0625. The van der Waals surface area contributed by atoms with Crippen molar-refractivity contribution in [2.45, 2.75) is 6.92 Å². The van der Waals surface area contributed by atoms with Crippen LogP contribution < -0.4 is 10.6 Å². The number of nitrogens with zero attached hydrogens (tertiary/aromatic N) is 3. The molecule has 8 nitrogen and oxygen atoms in total. The summed E-state index contributed by atoms with van der Waals surface area (Å²) in [7, 11) is 0. The maximum absolute atomic E-state index is 12.1. The fourth-order valence-corrected chi connectivity index (χ4v) is 2.30. The maximum Gasteiger partial charge on any atom is 0.314 e. The number of hydrogen-bond acceptors (Lipinski definition) is 5. The van der Waals surface area contributed by atoms with E-state index in [-0.39, 0.29) is 0 Å². The third kappa shape index (κ3) is 3.89. The van der Waals surface area contributed by atoms with Crippen molar-refractivity contribution in [3.05, 3.63) is 53.0 Å². The lowest BCUT2D eigenvalue weighted by molar-refractivity contribution is -0.132. The highest BCUT2D eigenvalue weighted by Crippen LogP contribution is 2.23. The summed E-state index contributed by atoms with van der Waals surface area (Å²) in [6.07, 6.45) is 4.50. The van der Waals surface area contributed by atoms with Gasteiger partial charge < -0.3 is 10.6 Å². The van der Waals surface area contributed by atoms with Gasteiger partial charge in [0.15, 0.2) is 0 Å². The quantitative estimate of drug-likeness (QED) is 0.461. The van der Waals surface area contributed by atoms with Crippen molar-refractivity contribution >= 4 is 39.1 Å². The lowest BCUT2D eigenvalue weighted by Gasteiger charge is -2.07. The smallest absolute Gasteiger partial charge is 0.314 e. The van der Waals surface area contributed by atoms with Crippen LogP contribution >= 0.6 is 15.9 Å². The Morgan fingerprint density at radius 1 is 1.12 bits per heavy atom. The number of aryl methyl sites for hydroxylation is 1. The summed E-state index contributed by atoms with van der Waals surface area (Å²) >= 11 is 3.28. The molecule has 0 fully saturated rings.